The molecule has 0 aliphatic carbocycles. The number of ether oxygens (including phenoxy) is 2. The predicted molar refractivity (Wildman–Crippen MR) is 200 cm³/mol. The Hall–Kier alpha value is -5.34. The van der Waals surface area contributed by atoms with Crippen LogP contribution in [0, 0.1) is 10.1 Å². The van der Waals surface area contributed by atoms with Crippen molar-refractivity contribution in [1.29, 1.82) is 0 Å². The number of nitro benzene ring substituents is 1. The van der Waals surface area contributed by atoms with Gasteiger partial charge >= 0.3 is 0 Å². The lowest BCUT2D eigenvalue weighted by atomic mass is 9.97. The van der Waals surface area contributed by atoms with Crippen LogP contribution in [0.1, 0.15) is 68.3 Å². The van der Waals surface area contributed by atoms with Crippen molar-refractivity contribution >= 4 is 35.0 Å². The largest absolute Gasteiger partial charge is 0.431 e. The number of anilines is 1. The smallest absolute Gasteiger partial charge is 0.269 e. The van der Waals surface area contributed by atoms with Crippen molar-refractivity contribution in [3.8, 4) is 22.6 Å². The molecule has 1 fully saturated rings. The Morgan fingerprint density at radius 2 is 1.34 bits per heavy atom. The number of amides is 2. The highest BCUT2D eigenvalue weighted by atomic mass is 32.2. The van der Waals surface area contributed by atoms with Gasteiger partial charge in [-0.15, -0.1) is 0 Å². The lowest BCUT2D eigenvalue weighted by molar-refractivity contribution is -0.384. The third-order valence-corrected chi connectivity index (χ3v) is 9.68. The minimum absolute atomic E-state index is 0.00141. The number of carbonyl (C=O) groups is 2. The van der Waals surface area contributed by atoms with Crippen LogP contribution in [0.3, 0.4) is 0 Å². The number of hydrogen-bond acceptors (Lipinski definition) is 10. The predicted octanol–water partition coefficient (Wildman–Crippen LogP) is 9.04. The highest BCUT2D eigenvalue weighted by Gasteiger charge is 2.33. The van der Waals surface area contributed by atoms with E-state index in [2.05, 4.69) is 5.32 Å². The summed E-state index contributed by atoms with van der Waals surface area (Å²) in [7, 11) is 0. The van der Waals surface area contributed by atoms with Gasteiger partial charge in [0, 0.05) is 48.2 Å². The summed E-state index contributed by atoms with van der Waals surface area (Å²) in [6, 6.07) is 33.6. The molecule has 13 heteroatoms. The van der Waals surface area contributed by atoms with Gasteiger partial charge < -0.3 is 19.2 Å². The molecule has 274 valence electrons. The Balaban J connectivity index is 1.13. The van der Waals surface area contributed by atoms with Crippen LogP contribution in [0.5, 0.6) is 0 Å². The number of benzene rings is 4. The summed E-state index contributed by atoms with van der Waals surface area (Å²) in [5, 5.41) is 23.3. The molecule has 1 aliphatic rings. The van der Waals surface area contributed by atoms with E-state index in [1.807, 2.05) is 84.9 Å². The molecule has 3 atom stereocenters. The summed E-state index contributed by atoms with van der Waals surface area (Å²) in [6.07, 6.45) is 2.60. The van der Waals surface area contributed by atoms with Gasteiger partial charge in [0.05, 0.1) is 22.9 Å². The highest BCUT2D eigenvalue weighted by molar-refractivity contribution is 7.99. The number of aromatic nitrogens is 1. The molecule has 4 aromatic carbocycles. The summed E-state index contributed by atoms with van der Waals surface area (Å²) in [6.45, 7) is 0. The summed E-state index contributed by atoms with van der Waals surface area (Å²) in [5.41, 5.74) is 6.57. The molecular formula is C40H40N4O8S. The maximum absolute atomic E-state index is 12.6. The molecule has 0 saturated carbocycles. The summed E-state index contributed by atoms with van der Waals surface area (Å²) >= 11 is 1.38. The number of thioether (sulfide) groups is 1. The monoisotopic (exact) mass is 736 g/mol. The first-order valence-corrected chi connectivity index (χ1v) is 18.5. The number of oxazole rings is 1. The number of nitrogens with one attached hydrogen (secondary N) is 2. The van der Waals surface area contributed by atoms with Crippen LogP contribution in [0.25, 0.3) is 22.6 Å². The number of carbonyl (C=O) groups excluding carboxylic acids is 2. The molecule has 0 radical (unpaired) electrons. The zero-order valence-electron chi connectivity index (χ0n) is 28.9. The molecule has 1 aliphatic heterocycles. The molecule has 12 nitrogen and oxygen atoms in total. The normalized spacial score (nSPS) is 16.9. The fraction of sp³-hybridized carbons (Fsp3) is 0.275. The maximum Gasteiger partial charge on any atom is 0.269 e. The van der Waals surface area contributed by atoms with Crippen molar-refractivity contribution in [2.75, 3.05) is 11.1 Å². The molecule has 0 bridgehead atoms. The molecule has 3 unspecified atom stereocenters. The van der Waals surface area contributed by atoms with Crippen LogP contribution in [-0.2, 0) is 19.1 Å². The molecule has 3 N–H and O–H groups in total. The third-order valence-electron chi connectivity index (χ3n) is 8.82. The van der Waals surface area contributed by atoms with Crippen LogP contribution in [0.15, 0.2) is 119 Å². The molecule has 0 spiro atoms. The summed E-state index contributed by atoms with van der Waals surface area (Å²) in [5.74, 6) is 0.533. The van der Waals surface area contributed by atoms with Crippen molar-refractivity contribution < 1.29 is 33.6 Å². The van der Waals surface area contributed by atoms with Crippen LogP contribution < -0.4 is 10.8 Å². The molecule has 53 heavy (non-hydrogen) atoms. The van der Waals surface area contributed by atoms with E-state index in [4.69, 9.17) is 24.1 Å². The second-order valence-corrected chi connectivity index (χ2v) is 13.6. The molecule has 6 rings (SSSR count). The van der Waals surface area contributed by atoms with Gasteiger partial charge in [-0.2, -0.15) is 0 Å². The van der Waals surface area contributed by atoms with Crippen molar-refractivity contribution in [3.05, 3.63) is 130 Å². The summed E-state index contributed by atoms with van der Waals surface area (Å²) < 4.78 is 19.3. The van der Waals surface area contributed by atoms with Crippen LogP contribution in [-0.4, -0.2) is 39.0 Å². The quantitative estimate of drug-likeness (QED) is 0.0292. The number of nitrogens with zero attached hydrogens (tertiary/aromatic N) is 2. The van der Waals surface area contributed by atoms with Gasteiger partial charge in [-0.1, -0.05) is 97.4 Å². The minimum Gasteiger partial charge on any atom is -0.431 e. The second-order valence-electron chi connectivity index (χ2n) is 12.6. The molecule has 1 saturated heterocycles. The fourth-order valence-electron chi connectivity index (χ4n) is 6.09. The van der Waals surface area contributed by atoms with Crippen LogP contribution >= 0.6 is 11.8 Å². The molecule has 2 amide bonds. The van der Waals surface area contributed by atoms with Crippen molar-refractivity contribution in [3.63, 3.8) is 0 Å². The van der Waals surface area contributed by atoms with E-state index in [1.54, 1.807) is 17.6 Å². The third kappa shape index (κ3) is 10.4. The first-order chi connectivity index (χ1) is 25.9. The van der Waals surface area contributed by atoms with Gasteiger partial charge in [0.15, 0.2) is 12.1 Å². The Kier molecular flexibility index (Phi) is 13.0. The van der Waals surface area contributed by atoms with Gasteiger partial charge in [0.25, 0.3) is 10.9 Å². The van der Waals surface area contributed by atoms with Crippen molar-refractivity contribution in [1.82, 2.24) is 10.5 Å². The van der Waals surface area contributed by atoms with Gasteiger partial charge in [-0.25, -0.2) is 10.5 Å². The highest BCUT2D eigenvalue weighted by Crippen LogP contribution is 2.41. The van der Waals surface area contributed by atoms with Crippen molar-refractivity contribution in [2.45, 2.75) is 68.7 Å². The number of nitro groups is 1. The zero-order chi connectivity index (χ0) is 37.0. The van der Waals surface area contributed by atoms with Gasteiger partial charge in [-0.3, -0.25) is 24.9 Å². The van der Waals surface area contributed by atoms with Gasteiger partial charge in [-0.05, 0) is 48.2 Å². The van der Waals surface area contributed by atoms with E-state index in [1.165, 1.54) is 23.9 Å². The Morgan fingerprint density at radius 1 is 0.774 bits per heavy atom. The first kappa shape index (κ1) is 37.4. The number of rotatable bonds is 16. The van der Waals surface area contributed by atoms with Crippen LogP contribution in [0.2, 0.25) is 0 Å². The SMILES string of the molecule is O=C(CCCCCCC(=O)Nc1ccc(C2CC(c3ccc([N+](=O)[O-])cc3)OC(CSc3nc(-c4ccccc4)c(-c4ccccc4)o3)O2)cc1)NO. The van der Waals surface area contributed by atoms with E-state index >= 15 is 0 Å². The molecular weight excluding hydrogens is 697 g/mol. The lowest BCUT2D eigenvalue weighted by Crippen LogP contribution is -2.31. The topological polar surface area (TPSA) is 166 Å². The molecule has 2 heterocycles. The number of hydroxylamine groups is 1. The van der Waals surface area contributed by atoms with E-state index < -0.39 is 23.2 Å². The minimum atomic E-state index is -0.663. The zero-order valence-corrected chi connectivity index (χ0v) is 29.7. The summed E-state index contributed by atoms with van der Waals surface area (Å²) in [4.78, 5) is 39.4. The second kappa shape index (κ2) is 18.4. The van der Waals surface area contributed by atoms with E-state index in [0.717, 1.165) is 40.8 Å². The average molecular weight is 737 g/mol. The van der Waals surface area contributed by atoms with E-state index in [-0.39, 0.29) is 24.1 Å². The lowest BCUT2D eigenvalue weighted by Gasteiger charge is -2.36. The van der Waals surface area contributed by atoms with Crippen LogP contribution in [0.4, 0.5) is 11.4 Å². The average Bonchev–Trinajstić information content (AvgIpc) is 3.63. The maximum atomic E-state index is 12.6. The fourth-order valence-corrected chi connectivity index (χ4v) is 6.82. The van der Waals surface area contributed by atoms with Gasteiger partial charge in [0.1, 0.15) is 5.69 Å². The van der Waals surface area contributed by atoms with Gasteiger partial charge in [0.2, 0.25) is 11.8 Å². The Labute approximate surface area is 311 Å². The number of unbranched alkanes of at least 4 members (excludes halogenated alkanes) is 3. The van der Waals surface area contributed by atoms with E-state index in [9.17, 15) is 19.7 Å². The molecule has 5 aromatic rings. The Morgan fingerprint density at radius 3 is 1.92 bits per heavy atom. The standard InChI is InChI=1S/C40H40N4O8S/c45-35(15-9-1-2-10-16-36(46)43-47)41-31-21-17-27(18-22-31)33-25-34(28-19-23-32(24-20-28)44(48)49)51-37(50-33)26-53-40-42-38(29-11-5-3-6-12-29)39(52-40)30-13-7-4-8-14-30/h3-8,11-14,17-24,33-34,37,47H,1-2,9-10,15-16,25-26H2,(H,41,45)(H,43,46). The van der Waals surface area contributed by atoms with Crippen molar-refractivity contribution in [2.24, 2.45) is 0 Å². The number of non-ortho nitro benzene ring substituents is 1. The first-order valence-electron chi connectivity index (χ1n) is 17.5. The number of hydrogen-bond donors (Lipinski definition) is 3. The van der Waals surface area contributed by atoms with E-state index in [0.29, 0.717) is 48.1 Å². The Bertz CT molecular complexity index is 1900. The molecule has 1 aromatic heterocycles.